The van der Waals surface area contributed by atoms with Crippen molar-refractivity contribution in [1.29, 1.82) is 0 Å². The second kappa shape index (κ2) is 4.66. The number of alkyl halides is 1. The summed E-state index contributed by atoms with van der Waals surface area (Å²) in [6.07, 6.45) is 0.314. The van der Waals surface area contributed by atoms with Crippen LogP contribution in [0.25, 0.3) is 0 Å². The van der Waals surface area contributed by atoms with Crippen molar-refractivity contribution < 1.29 is 14.7 Å². The molecule has 1 heterocycles. The van der Waals surface area contributed by atoms with Crippen molar-refractivity contribution in [3.63, 3.8) is 0 Å². The molecule has 1 saturated heterocycles. The van der Waals surface area contributed by atoms with Crippen LogP contribution in [-0.4, -0.2) is 28.9 Å². The molecule has 2 rings (SSSR count). The Hall–Kier alpha value is -1.07. The molecule has 4 nitrogen and oxygen atoms in total. The van der Waals surface area contributed by atoms with E-state index in [1.807, 2.05) is 0 Å². The van der Waals surface area contributed by atoms with Gasteiger partial charge in [-0.3, -0.25) is 4.79 Å². The molecular formula is C11H9BrClNO3. The van der Waals surface area contributed by atoms with E-state index in [0.717, 1.165) is 0 Å². The van der Waals surface area contributed by atoms with E-state index in [9.17, 15) is 9.59 Å². The van der Waals surface area contributed by atoms with Crippen LogP contribution in [0.1, 0.15) is 16.8 Å². The predicted octanol–water partition coefficient (Wildman–Crippen LogP) is 2.49. The van der Waals surface area contributed by atoms with Gasteiger partial charge in [0.1, 0.15) is 0 Å². The van der Waals surface area contributed by atoms with Gasteiger partial charge in [0, 0.05) is 17.4 Å². The summed E-state index contributed by atoms with van der Waals surface area (Å²) in [4.78, 5) is 24.0. The van der Waals surface area contributed by atoms with Crippen molar-refractivity contribution in [3.05, 3.63) is 28.2 Å². The van der Waals surface area contributed by atoms with Crippen LogP contribution < -0.4 is 4.90 Å². The number of carboxylic acids is 1. The van der Waals surface area contributed by atoms with Crippen molar-refractivity contribution in [1.82, 2.24) is 0 Å². The molecule has 1 amide bonds. The largest absolute Gasteiger partial charge is 0.478 e. The van der Waals surface area contributed by atoms with Gasteiger partial charge in [0.25, 0.3) is 0 Å². The molecule has 1 aliphatic heterocycles. The molecule has 1 aromatic rings. The minimum atomic E-state index is -1.000. The number of halogens is 2. The molecule has 1 unspecified atom stereocenters. The van der Waals surface area contributed by atoms with Gasteiger partial charge in [0.2, 0.25) is 5.91 Å². The highest BCUT2D eigenvalue weighted by Gasteiger charge is 2.30. The first-order valence-electron chi connectivity index (χ1n) is 4.96. The lowest BCUT2D eigenvalue weighted by molar-refractivity contribution is -0.117. The van der Waals surface area contributed by atoms with Crippen LogP contribution in [0.5, 0.6) is 0 Å². The fraction of sp³-hybridized carbons (Fsp3) is 0.273. The zero-order valence-electron chi connectivity index (χ0n) is 8.69. The zero-order chi connectivity index (χ0) is 12.6. The average molecular weight is 319 g/mol. The Morgan fingerprint density at radius 1 is 1.53 bits per heavy atom. The van der Waals surface area contributed by atoms with Crippen molar-refractivity contribution in [2.24, 2.45) is 0 Å². The number of carbonyl (C=O) groups is 2. The number of hydrogen-bond donors (Lipinski definition) is 1. The third-order valence-corrected chi connectivity index (χ3v) is 3.49. The maximum Gasteiger partial charge on any atom is 0.335 e. The number of hydrogen-bond acceptors (Lipinski definition) is 2. The van der Waals surface area contributed by atoms with Gasteiger partial charge in [0.05, 0.1) is 16.6 Å². The van der Waals surface area contributed by atoms with Crippen LogP contribution in [0.4, 0.5) is 5.69 Å². The Bertz CT molecular complexity index is 492. The highest BCUT2D eigenvalue weighted by Crippen LogP contribution is 2.31. The number of nitrogens with zero attached hydrogens (tertiary/aromatic N) is 1. The fourth-order valence-corrected chi connectivity index (χ4v) is 2.62. The molecule has 17 heavy (non-hydrogen) atoms. The molecule has 1 aromatic carbocycles. The molecule has 6 heteroatoms. The quantitative estimate of drug-likeness (QED) is 0.852. The summed E-state index contributed by atoms with van der Waals surface area (Å²) in [5.41, 5.74) is 0.831. The number of aromatic carboxylic acids is 1. The maximum absolute atomic E-state index is 11.7. The number of carboxylic acid groups (broad SMARTS) is 1. The normalized spacial score (nSPS) is 19.8. The summed E-state index contributed by atoms with van der Waals surface area (Å²) in [6, 6.07) is 4.56. The third kappa shape index (κ3) is 2.45. The Balaban J connectivity index is 2.34. The molecule has 0 aliphatic carbocycles. The summed E-state index contributed by atoms with van der Waals surface area (Å²) in [5.74, 6) is -1.05. The van der Waals surface area contributed by atoms with Crippen LogP contribution in [0.15, 0.2) is 22.7 Å². The minimum absolute atomic E-state index is 0.0474. The second-order valence-corrected chi connectivity index (χ2v) is 5.25. The van der Waals surface area contributed by atoms with Crippen LogP contribution in [0.3, 0.4) is 0 Å². The Labute approximate surface area is 111 Å². The molecule has 1 N–H and O–H groups in total. The molecule has 1 fully saturated rings. The number of amides is 1. The van der Waals surface area contributed by atoms with Gasteiger partial charge in [0.15, 0.2) is 0 Å². The van der Waals surface area contributed by atoms with Crippen LogP contribution in [-0.2, 0) is 4.79 Å². The third-order valence-electron chi connectivity index (χ3n) is 2.56. The molecule has 0 radical (unpaired) electrons. The van der Waals surface area contributed by atoms with Gasteiger partial charge in [-0.25, -0.2) is 4.79 Å². The second-order valence-electron chi connectivity index (χ2n) is 3.78. The van der Waals surface area contributed by atoms with Gasteiger partial charge < -0.3 is 10.0 Å². The lowest BCUT2D eigenvalue weighted by Crippen LogP contribution is -2.25. The van der Waals surface area contributed by atoms with Gasteiger partial charge >= 0.3 is 5.97 Å². The van der Waals surface area contributed by atoms with Crippen molar-refractivity contribution in [2.75, 3.05) is 11.4 Å². The molecule has 1 aliphatic rings. The Morgan fingerprint density at radius 2 is 2.24 bits per heavy atom. The number of benzene rings is 1. The standard InChI is InChI=1S/C11H9BrClNO3/c12-8-3-6(11(16)17)1-2-9(8)14-5-7(13)4-10(14)15/h1-3,7H,4-5H2,(H,16,17). The van der Waals surface area contributed by atoms with Gasteiger partial charge in [-0.1, -0.05) is 0 Å². The number of anilines is 1. The van der Waals surface area contributed by atoms with E-state index in [-0.39, 0.29) is 16.8 Å². The summed E-state index contributed by atoms with van der Waals surface area (Å²) in [5, 5.41) is 8.65. The Kier molecular flexibility index (Phi) is 3.40. The fourth-order valence-electron chi connectivity index (χ4n) is 1.76. The number of rotatable bonds is 2. The SMILES string of the molecule is O=C(O)c1ccc(N2CC(Cl)CC2=O)c(Br)c1. The first-order chi connectivity index (χ1) is 7.99. The number of carbonyl (C=O) groups excluding carboxylic acids is 1. The summed E-state index contributed by atoms with van der Waals surface area (Å²) >= 11 is 9.19. The van der Waals surface area contributed by atoms with E-state index in [1.165, 1.54) is 12.1 Å². The summed E-state index contributed by atoms with van der Waals surface area (Å²) in [6.45, 7) is 0.450. The van der Waals surface area contributed by atoms with Crippen molar-refractivity contribution in [2.45, 2.75) is 11.8 Å². The molecule has 90 valence electrons. The average Bonchev–Trinajstić information content (AvgIpc) is 2.57. The van der Waals surface area contributed by atoms with E-state index in [0.29, 0.717) is 23.1 Å². The van der Waals surface area contributed by atoms with Crippen molar-refractivity contribution in [3.8, 4) is 0 Å². The maximum atomic E-state index is 11.7. The molecule has 0 spiro atoms. The lowest BCUT2D eigenvalue weighted by Gasteiger charge is -2.17. The molecular weight excluding hydrogens is 309 g/mol. The van der Waals surface area contributed by atoms with E-state index in [2.05, 4.69) is 15.9 Å². The first-order valence-corrected chi connectivity index (χ1v) is 6.19. The minimum Gasteiger partial charge on any atom is -0.478 e. The van der Waals surface area contributed by atoms with Gasteiger partial charge in [-0.05, 0) is 34.1 Å². The van der Waals surface area contributed by atoms with Crippen LogP contribution in [0.2, 0.25) is 0 Å². The topological polar surface area (TPSA) is 57.6 Å². The van der Waals surface area contributed by atoms with E-state index in [1.54, 1.807) is 11.0 Å². The molecule has 0 saturated carbocycles. The first kappa shape index (κ1) is 12.4. The van der Waals surface area contributed by atoms with Gasteiger partial charge in [-0.15, -0.1) is 11.6 Å². The van der Waals surface area contributed by atoms with E-state index >= 15 is 0 Å². The highest BCUT2D eigenvalue weighted by atomic mass is 79.9. The van der Waals surface area contributed by atoms with Crippen molar-refractivity contribution >= 4 is 45.1 Å². The van der Waals surface area contributed by atoms with Gasteiger partial charge in [-0.2, -0.15) is 0 Å². The highest BCUT2D eigenvalue weighted by molar-refractivity contribution is 9.10. The van der Waals surface area contributed by atoms with Crippen LogP contribution >= 0.6 is 27.5 Å². The smallest absolute Gasteiger partial charge is 0.335 e. The molecule has 1 atom stereocenters. The lowest BCUT2D eigenvalue weighted by atomic mass is 10.2. The zero-order valence-corrected chi connectivity index (χ0v) is 11.0. The molecule has 0 bridgehead atoms. The predicted molar refractivity (Wildman–Crippen MR) is 67.7 cm³/mol. The van der Waals surface area contributed by atoms with Crippen LogP contribution in [0, 0.1) is 0 Å². The van der Waals surface area contributed by atoms with E-state index in [4.69, 9.17) is 16.7 Å². The molecule has 0 aromatic heterocycles. The monoisotopic (exact) mass is 317 g/mol. The van der Waals surface area contributed by atoms with E-state index < -0.39 is 5.97 Å². The summed E-state index contributed by atoms with van der Waals surface area (Å²) in [7, 11) is 0. The summed E-state index contributed by atoms with van der Waals surface area (Å²) < 4.78 is 0.580. The Morgan fingerprint density at radius 3 is 2.71 bits per heavy atom.